The van der Waals surface area contributed by atoms with Gasteiger partial charge in [-0.2, -0.15) is 0 Å². The Morgan fingerprint density at radius 2 is 2.41 bits per heavy atom. The molecule has 2 heterocycles. The van der Waals surface area contributed by atoms with Crippen molar-refractivity contribution in [1.82, 2.24) is 14.8 Å². The van der Waals surface area contributed by atoms with E-state index in [2.05, 4.69) is 10.2 Å². The number of rotatable bonds is 4. The molecule has 114 valence electrons. The molecule has 1 aliphatic heterocycles. The van der Waals surface area contributed by atoms with Gasteiger partial charge in [0, 0.05) is 18.6 Å². The molecule has 1 aromatic carbocycles. The molecule has 0 saturated heterocycles. The van der Waals surface area contributed by atoms with Crippen molar-refractivity contribution in [1.29, 1.82) is 0 Å². The van der Waals surface area contributed by atoms with Crippen molar-refractivity contribution in [2.45, 2.75) is 17.4 Å². The number of thioether (sulfide) groups is 1. The summed E-state index contributed by atoms with van der Waals surface area (Å²) in [6, 6.07) is 4.99. The van der Waals surface area contributed by atoms with E-state index < -0.39 is 13.1 Å². The highest BCUT2D eigenvalue weighted by Gasteiger charge is 2.36. The summed E-state index contributed by atoms with van der Waals surface area (Å²) in [5.74, 6) is -0.332. The number of aryl methyl sites for hydroxylation is 1. The third kappa shape index (κ3) is 2.82. The molecule has 1 unspecified atom stereocenters. The summed E-state index contributed by atoms with van der Waals surface area (Å²) in [4.78, 5) is 11.2. The molecule has 1 aromatic heterocycles. The van der Waals surface area contributed by atoms with Gasteiger partial charge in [0.15, 0.2) is 5.16 Å². The van der Waals surface area contributed by atoms with Crippen LogP contribution in [-0.4, -0.2) is 43.7 Å². The number of aromatic carboxylic acids is 1. The van der Waals surface area contributed by atoms with Crippen LogP contribution in [0.3, 0.4) is 0 Å². The smallest absolute Gasteiger partial charge is 0.527 e. The molecule has 3 rings (SSSR count). The second kappa shape index (κ2) is 6.01. The zero-order valence-electron chi connectivity index (χ0n) is 11.8. The summed E-state index contributed by atoms with van der Waals surface area (Å²) in [6.07, 6.45) is 2.17. The van der Waals surface area contributed by atoms with Gasteiger partial charge < -0.3 is 19.4 Å². The molecule has 0 radical (unpaired) electrons. The van der Waals surface area contributed by atoms with E-state index in [4.69, 9.17) is 9.76 Å². The number of para-hydroxylation sites is 1. The molecule has 0 amide bonds. The highest BCUT2D eigenvalue weighted by molar-refractivity contribution is 7.99. The first-order chi connectivity index (χ1) is 10.6. The van der Waals surface area contributed by atoms with Crippen LogP contribution in [0.15, 0.2) is 29.7 Å². The van der Waals surface area contributed by atoms with Crippen LogP contribution in [0.25, 0.3) is 0 Å². The van der Waals surface area contributed by atoms with Gasteiger partial charge in [0.2, 0.25) is 0 Å². The summed E-state index contributed by atoms with van der Waals surface area (Å²) in [5.41, 5.74) is 0.879. The summed E-state index contributed by atoms with van der Waals surface area (Å²) in [5, 5.41) is 27.9. The third-order valence-electron chi connectivity index (χ3n) is 3.55. The van der Waals surface area contributed by atoms with Gasteiger partial charge in [-0.3, -0.25) is 0 Å². The predicted molar refractivity (Wildman–Crippen MR) is 81.2 cm³/mol. The maximum Gasteiger partial charge on any atom is 0.527 e. The normalized spacial score (nSPS) is 17.0. The summed E-state index contributed by atoms with van der Waals surface area (Å²) < 4.78 is 7.26. The number of benzene rings is 1. The SMILES string of the molecule is Cn1cnnc1SCC1Cc2cccc(C(=O)O)c2OB1O. The largest absolute Gasteiger partial charge is 0.535 e. The average molecular weight is 319 g/mol. The number of nitrogens with zero attached hydrogens (tertiary/aromatic N) is 3. The van der Waals surface area contributed by atoms with E-state index in [1.165, 1.54) is 17.8 Å². The van der Waals surface area contributed by atoms with E-state index in [9.17, 15) is 9.82 Å². The number of carboxylic acids is 1. The number of carbonyl (C=O) groups is 1. The van der Waals surface area contributed by atoms with Crippen molar-refractivity contribution in [3.8, 4) is 5.75 Å². The number of hydrogen-bond acceptors (Lipinski definition) is 6. The second-order valence-corrected chi connectivity index (χ2v) is 6.09. The molecule has 0 fully saturated rings. The topological polar surface area (TPSA) is 97.5 Å². The fourth-order valence-corrected chi connectivity index (χ4v) is 3.38. The molecule has 9 heteroatoms. The Balaban J connectivity index is 1.76. The molecule has 0 bridgehead atoms. The van der Waals surface area contributed by atoms with E-state index in [1.807, 2.05) is 13.1 Å². The van der Waals surface area contributed by atoms with E-state index in [0.29, 0.717) is 12.2 Å². The highest BCUT2D eigenvalue weighted by atomic mass is 32.2. The van der Waals surface area contributed by atoms with Gasteiger partial charge in [-0.15, -0.1) is 10.2 Å². The van der Waals surface area contributed by atoms with Crippen molar-refractivity contribution in [2.75, 3.05) is 5.75 Å². The van der Waals surface area contributed by atoms with Gasteiger partial charge in [-0.1, -0.05) is 23.9 Å². The zero-order chi connectivity index (χ0) is 15.7. The van der Waals surface area contributed by atoms with Gasteiger partial charge in [0.25, 0.3) is 0 Å². The van der Waals surface area contributed by atoms with Crippen molar-refractivity contribution in [3.63, 3.8) is 0 Å². The van der Waals surface area contributed by atoms with Crippen molar-refractivity contribution in [3.05, 3.63) is 35.7 Å². The monoisotopic (exact) mass is 319 g/mol. The number of hydrogen-bond donors (Lipinski definition) is 2. The summed E-state index contributed by atoms with van der Waals surface area (Å²) in [7, 11) is 0.818. The Morgan fingerprint density at radius 1 is 1.59 bits per heavy atom. The Bertz CT molecular complexity index is 708. The lowest BCUT2D eigenvalue weighted by atomic mass is 9.68. The van der Waals surface area contributed by atoms with Crippen LogP contribution >= 0.6 is 11.8 Å². The van der Waals surface area contributed by atoms with E-state index in [1.54, 1.807) is 17.0 Å². The van der Waals surface area contributed by atoms with Crippen LogP contribution in [0.5, 0.6) is 5.75 Å². The lowest BCUT2D eigenvalue weighted by molar-refractivity contribution is 0.0694. The van der Waals surface area contributed by atoms with Gasteiger partial charge in [0.05, 0.1) is 5.56 Å². The first-order valence-electron chi connectivity index (χ1n) is 6.73. The first kappa shape index (κ1) is 14.9. The molecule has 22 heavy (non-hydrogen) atoms. The Hall–Kier alpha value is -2.00. The molecule has 0 saturated carbocycles. The van der Waals surface area contributed by atoms with E-state index in [0.717, 1.165) is 10.7 Å². The molecule has 0 spiro atoms. The zero-order valence-corrected chi connectivity index (χ0v) is 12.7. The van der Waals surface area contributed by atoms with Crippen LogP contribution in [0, 0.1) is 0 Å². The minimum absolute atomic E-state index is 0.0796. The quantitative estimate of drug-likeness (QED) is 0.643. The highest BCUT2D eigenvalue weighted by Crippen LogP contribution is 2.36. The summed E-state index contributed by atoms with van der Waals surface area (Å²) in [6.45, 7) is 0. The van der Waals surface area contributed by atoms with Crippen molar-refractivity contribution < 1.29 is 19.6 Å². The molecule has 2 aromatic rings. The fraction of sp³-hybridized carbons (Fsp3) is 0.308. The Morgan fingerprint density at radius 3 is 3.09 bits per heavy atom. The summed E-state index contributed by atoms with van der Waals surface area (Å²) >= 11 is 1.48. The Labute approximate surface area is 131 Å². The standard InChI is InChI=1S/C13H14BN3O4S/c1-17-7-15-16-13(17)22-6-9-5-8-3-2-4-10(12(18)19)11(8)21-14(9)20/h2-4,7,9,20H,5-6H2,1H3,(H,18,19). The van der Waals surface area contributed by atoms with Crippen LogP contribution in [0.4, 0.5) is 0 Å². The van der Waals surface area contributed by atoms with Crippen LogP contribution in [0.2, 0.25) is 5.82 Å². The fourth-order valence-electron chi connectivity index (χ4n) is 2.38. The molecule has 2 N–H and O–H groups in total. The average Bonchev–Trinajstić information content (AvgIpc) is 2.89. The molecule has 0 aliphatic carbocycles. The molecule has 7 nitrogen and oxygen atoms in total. The minimum Gasteiger partial charge on any atom is -0.535 e. The van der Waals surface area contributed by atoms with E-state index >= 15 is 0 Å². The van der Waals surface area contributed by atoms with Crippen LogP contribution in [0.1, 0.15) is 15.9 Å². The van der Waals surface area contributed by atoms with Gasteiger partial charge in [-0.05, 0) is 18.1 Å². The minimum atomic E-state index is -1.06. The number of aromatic nitrogens is 3. The molecule has 1 aliphatic rings. The van der Waals surface area contributed by atoms with Gasteiger partial charge in [-0.25, -0.2) is 4.79 Å². The second-order valence-electron chi connectivity index (χ2n) is 5.11. The maximum atomic E-state index is 11.2. The number of fused-ring (bicyclic) bond motifs is 1. The molecular formula is C13H14BN3O4S. The maximum absolute atomic E-state index is 11.2. The van der Waals surface area contributed by atoms with E-state index in [-0.39, 0.29) is 17.1 Å². The van der Waals surface area contributed by atoms with Crippen molar-refractivity contribution >= 4 is 24.8 Å². The molecule has 1 atom stereocenters. The Kier molecular flexibility index (Phi) is 4.08. The first-order valence-corrected chi connectivity index (χ1v) is 7.71. The van der Waals surface area contributed by atoms with Crippen LogP contribution in [-0.2, 0) is 13.5 Å². The third-order valence-corrected chi connectivity index (χ3v) is 4.77. The molecular weight excluding hydrogens is 305 g/mol. The van der Waals surface area contributed by atoms with Gasteiger partial charge >= 0.3 is 13.1 Å². The van der Waals surface area contributed by atoms with Crippen molar-refractivity contribution in [2.24, 2.45) is 7.05 Å². The predicted octanol–water partition coefficient (Wildman–Crippen LogP) is 1.09. The van der Waals surface area contributed by atoms with Gasteiger partial charge in [0.1, 0.15) is 12.1 Å². The lowest BCUT2D eigenvalue weighted by Crippen LogP contribution is -2.36. The van der Waals surface area contributed by atoms with Crippen LogP contribution < -0.4 is 4.65 Å². The lowest BCUT2D eigenvalue weighted by Gasteiger charge is -2.27. The number of carboxylic acid groups (broad SMARTS) is 1.